The van der Waals surface area contributed by atoms with Crippen LogP contribution in [0.25, 0.3) is 6.08 Å². The van der Waals surface area contributed by atoms with Crippen LogP contribution in [0.3, 0.4) is 0 Å². The molecule has 194 valence electrons. The Kier molecular flexibility index (Phi) is 8.81. The maximum atomic E-state index is 12.7. The molecule has 0 aliphatic carbocycles. The lowest BCUT2D eigenvalue weighted by Crippen LogP contribution is -2.47. The van der Waals surface area contributed by atoms with Gasteiger partial charge in [0.15, 0.2) is 17.3 Å². The molecule has 1 fully saturated rings. The second-order valence-corrected chi connectivity index (χ2v) is 7.78. The third-order valence-corrected chi connectivity index (χ3v) is 5.25. The van der Waals surface area contributed by atoms with Crippen molar-refractivity contribution in [3.8, 4) is 23.0 Å². The number of ketones is 1. The van der Waals surface area contributed by atoms with Gasteiger partial charge in [0.05, 0.1) is 32.9 Å². The number of methoxy groups -OCH3 is 2. The monoisotopic (exact) mass is 509 g/mol. The van der Waals surface area contributed by atoms with Crippen molar-refractivity contribution in [3.63, 3.8) is 0 Å². The van der Waals surface area contributed by atoms with Gasteiger partial charge >= 0.3 is 6.36 Å². The summed E-state index contributed by atoms with van der Waals surface area (Å²) in [4.78, 5) is 26.3. The largest absolute Gasteiger partial charge is 0.573 e. The number of halogens is 3. The van der Waals surface area contributed by atoms with Crippen LogP contribution in [0, 0.1) is 0 Å². The van der Waals surface area contributed by atoms with Crippen LogP contribution in [-0.2, 0) is 9.53 Å². The predicted molar refractivity (Wildman–Crippen MR) is 124 cm³/mol. The second kappa shape index (κ2) is 11.8. The maximum Gasteiger partial charge on any atom is 0.573 e. The Hall–Kier alpha value is -3.73. The summed E-state index contributed by atoms with van der Waals surface area (Å²) in [5.41, 5.74) is 0.691. The minimum atomic E-state index is -4.80. The predicted octanol–water partition coefficient (Wildman–Crippen LogP) is 4.12. The molecule has 0 saturated carbocycles. The number of benzene rings is 2. The van der Waals surface area contributed by atoms with Crippen molar-refractivity contribution in [3.05, 3.63) is 53.6 Å². The van der Waals surface area contributed by atoms with Crippen LogP contribution in [0.5, 0.6) is 23.0 Å². The summed E-state index contributed by atoms with van der Waals surface area (Å²) in [5, 5.41) is 0. The van der Waals surface area contributed by atoms with Gasteiger partial charge in [0.1, 0.15) is 18.5 Å². The van der Waals surface area contributed by atoms with E-state index in [1.807, 2.05) is 0 Å². The molecule has 0 aromatic heterocycles. The zero-order valence-corrected chi connectivity index (χ0v) is 20.0. The van der Waals surface area contributed by atoms with Gasteiger partial charge in [-0.05, 0) is 42.8 Å². The Morgan fingerprint density at radius 1 is 1.14 bits per heavy atom. The molecule has 0 bridgehead atoms. The molecule has 0 spiro atoms. The van der Waals surface area contributed by atoms with Gasteiger partial charge in [0.2, 0.25) is 11.7 Å². The first-order valence-corrected chi connectivity index (χ1v) is 10.9. The van der Waals surface area contributed by atoms with E-state index >= 15 is 0 Å². The highest BCUT2D eigenvalue weighted by Crippen LogP contribution is 2.40. The molecule has 0 radical (unpaired) electrons. The molecule has 1 aliphatic rings. The van der Waals surface area contributed by atoms with Crippen molar-refractivity contribution in [2.75, 3.05) is 40.5 Å². The number of carbonyl (C=O) groups excluding carboxylic acids is 2. The number of ether oxygens (including phenoxy) is 5. The number of hydrogen-bond donors (Lipinski definition) is 0. The van der Waals surface area contributed by atoms with Gasteiger partial charge < -0.3 is 28.6 Å². The van der Waals surface area contributed by atoms with Gasteiger partial charge in [-0.3, -0.25) is 9.59 Å². The summed E-state index contributed by atoms with van der Waals surface area (Å²) in [6, 6.07) is 8.50. The number of amides is 1. The molecule has 1 atom stereocenters. The highest BCUT2D eigenvalue weighted by atomic mass is 19.4. The summed E-state index contributed by atoms with van der Waals surface area (Å²) < 4.78 is 63.4. The van der Waals surface area contributed by atoms with Crippen LogP contribution < -0.4 is 18.9 Å². The Balaban J connectivity index is 1.65. The molecule has 1 heterocycles. The van der Waals surface area contributed by atoms with Gasteiger partial charge in [-0.15, -0.1) is 13.2 Å². The standard InChI is InChI=1S/C25H26F3NO7/c1-16(30)20-8-9-21(32-2)24(33-3)23(20)35-15-19-14-29(11-12-34-19)22(31)10-7-17-5-4-6-18(13-17)36-25(26,27)28/h4-10,13,19H,11-12,14-15H2,1-3H3/b10-7+. The van der Waals surface area contributed by atoms with E-state index in [1.165, 1.54) is 51.5 Å². The molecule has 1 saturated heterocycles. The first kappa shape index (κ1) is 26.9. The Labute approximate surface area is 206 Å². The molecule has 2 aromatic rings. The van der Waals surface area contributed by atoms with E-state index in [1.54, 1.807) is 23.1 Å². The van der Waals surface area contributed by atoms with Crippen LogP contribution in [0.1, 0.15) is 22.8 Å². The van der Waals surface area contributed by atoms with Crippen LogP contribution in [-0.4, -0.2) is 69.6 Å². The summed E-state index contributed by atoms with van der Waals surface area (Å²) in [6.07, 6.45) is -2.61. The minimum absolute atomic E-state index is 0.0358. The van der Waals surface area contributed by atoms with Crippen molar-refractivity contribution >= 4 is 17.8 Å². The van der Waals surface area contributed by atoms with E-state index in [4.69, 9.17) is 18.9 Å². The maximum absolute atomic E-state index is 12.7. The Bertz CT molecular complexity index is 1120. The van der Waals surface area contributed by atoms with Crippen molar-refractivity contribution in [2.24, 2.45) is 0 Å². The third kappa shape index (κ3) is 7.14. The lowest BCUT2D eigenvalue weighted by molar-refractivity contribution is -0.274. The Morgan fingerprint density at radius 3 is 2.58 bits per heavy atom. The molecule has 11 heteroatoms. The molecule has 3 rings (SSSR count). The highest BCUT2D eigenvalue weighted by Gasteiger charge is 2.31. The van der Waals surface area contributed by atoms with E-state index in [-0.39, 0.29) is 48.7 Å². The van der Waals surface area contributed by atoms with E-state index < -0.39 is 12.5 Å². The topological polar surface area (TPSA) is 83.5 Å². The van der Waals surface area contributed by atoms with Gasteiger partial charge in [0, 0.05) is 12.6 Å². The normalized spacial score (nSPS) is 16.1. The lowest BCUT2D eigenvalue weighted by Gasteiger charge is -2.32. The lowest BCUT2D eigenvalue weighted by atomic mass is 10.1. The van der Waals surface area contributed by atoms with Crippen molar-refractivity contribution < 1.29 is 46.4 Å². The smallest absolute Gasteiger partial charge is 0.493 e. The van der Waals surface area contributed by atoms with Crippen molar-refractivity contribution in [1.29, 1.82) is 0 Å². The van der Waals surface area contributed by atoms with Gasteiger partial charge in [-0.25, -0.2) is 0 Å². The highest BCUT2D eigenvalue weighted by molar-refractivity contribution is 5.98. The number of rotatable bonds is 9. The first-order valence-electron chi connectivity index (χ1n) is 10.9. The van der Waals surface area contributed by atoms with Crippen LogP contribution >= 0.6 is 0 Å². The van der Waals surface area contributed by atoms with Crippen molar-refractivity contribution in [2.45, 2.75) is 19.4 Å². The Morgan fingerprint density at radius 2 is 1.92 bits per heavy atom. The van der Waals surface area contributed by atoms with Crippen molar-refractivity contribution in [1.82, 2.24) is 4.90 Å². The zero-order chi connectivity index (χ0) is 26.3. The second-order valence-electron chi connectivity index (χ2n) is 7.78. The summed E-state index contributed by atoms with van der Waals surface area (Å²) in [7, 11) is 2.90. The number of alkyl halides is 3. The molecule has 8 nitrogen and oxygen atoms in total. The van der Waals surface area contributed by atoms with E-state index in [0.29, 0.717) is 23.4 Å². The number of nitrogens with zero attached hydrogens (tertiary/aromatic N) is 1. The van der Waals surface area contributed by atoms with Crippen LogP contribution in [0.2, 0.25) is 0 Å². The molecule has 36 heavy (non-hydrogen) atoms. The summed E-state index contributed by atoms with van der Waals surface area (Å²) in [6.45, 7) is 2.24. The molecule has 1 unspecified atom stereocenters. The van der Waals surface area contributed by atoms with E-state index in [0.717, 1.165) is 0 Å². The average Bonchev–Trinajstić information content (AvgIpc) is 2.84. The van der Waals surface area contributed by atoms with E-state index in [9.17, 15) is 22.8 Å². The fourth-order valence-electron chi connectivity index (χ4n) is 3.60. The van der Waals surface area contributed by atoms with Gasteiger partial charge in [-0.1, -0.05) is 12.1 Å². The number of Topliss-reactive ketones (excluding diaryl/α,β-unsaturated/α-hetero) is 1. The zero-order valence-electron chi connectivity index (χ0n) is 20.0. The fourth-order valence-corrected chi connectivity index (χ4v) is 3.60. The molecule has 1 amide bonds. The summed E-state index contributed by atoms with van der Waals surface area (Å²) in [5.74, 6) is -0.0471. The SMILES string of the molecule is COc1ccc(C(C)=O)c(OCC2CN(C(=O)/C=C/c3cccc(OC(F)(F)F)c3)CCO2)c1OC. The molecular weight excluding hydrogens is 483 g/mol. The van der Waals surface area contributed by atoms with Crippen LogP contribution in [0.4, 0.5) is 13.2 Å². The first-order chi connectivity index (χ1) is 17.1. The third-order valence-electron chi connectivity index (χ3n) is 5.25. The quantitative estimate of drug-likeness (QED) is 0.371. The average molecular weight is 509 g/mol. The molecule has 1 aliphatic heterocycles. The number of hydrogen-bond acceptors (Lipinski definition) is 7. The van der Waals surface area contributed by atoms with Gasteiger partial charge in [-0.2, -0.15) is 0 Å². The molecular formula is C25H26F3NO7. The number of morpholine rings is 1. The molecule has 0 N–H and O–H groups in total. The van der Waals surface area contributed by atoms with Crippen LogP contribution in [0.15, 0.2) is 42.5 Å². The fraction of sp³-hybridized carbons (Fsp3) is 0.360. The minimum Gasteiger partial charge on any atom is -0.493 e. The van der Waals surface area contributed by atoms with Gasteiger partial charge in [0.25, 0.3) is 0 Å². The van der Waals surface area contributed by atoms with E-state index in [2.05, 4.69) is 4.74 Å². The summed E-state index contributed by atoms with van der Waals surface area (Å²) >= 11 is 0. The number of carbonyl (C=O) groups is 2. The molecule has 2 aromatic carbocycles.